The summed E-state index contributed by atoms with van der Waals surface area (Å²) in [6.45, 7) is 3.86. The van der Waals surface area contributed by atoms with Crippen molar-refractivity contribution in [2.45, 2.75) is 19.4 Å². The number of nitrogens with zero attached hydrogens (tertiary/aromatic N) is 2. The number of carbonyl (C=O) groups excluding carboxylic acids is 2. The molecule has 1 aliphatic rings. The van der Waals surface area contributed by atoms with E-state index in [0.29, 0.717) is 32.6 Å². The largest absolute Gasteiger partial charge is 0.342 e. The molecule has 0 aromatic rings. The molecule has 0 spiro atoms. The lowest BCUT2D eigenvalue weighted by molar-refractivity contribution is -0.128. The fourth-order valence-corrected chi connectivity index (χ4v) is 1.86. The van der Waals surface area contributed by atoms with Crippen LogP contribution in [0.15, 0.2) is 0 Å². The summed E-state index contributed by atoms with van der Waals surface area (Å²) in [5, 5.41) is 10.4. The van der Waals surface area contributed by atoms with Crippen LogP contribution < -0.4 is 0 Å². The lowest BCUT2D eigenvalue weighted by Crippen LogP contribution is -2.55. The van der Waals surface area contributed by atoms with Gasteiger partial charge >= 0.3 is 0 Å². The van der Waals surface area contributed by atoms with Gasteiger partial charge in [-0.3, -0.25) is 14.5 Å². The first-order valence-electron chi connectivity index (χ1n) is 5.21. The SMILES string of the molecule is CC(=O)C1CN(C=O)CCN1CCC[O]. The number of Topliss-reactive ketones (excluding diaryl/α,β-unsaturated/α-hetero) is 1. The molecule has 0 aromatic heterocycles. The van der Waals surface area contributed by atoms with Crippen molar-refractivity contribution >= 4 is 12.2 Å². The number of hydrogen-bond donors (Lipinski definition) is 0. The minimum Gasteiger partial charge on any atom is -0.342 e. The Morgan fingerprint density at radius 2 is 2.20 bits per heavy atom. The van der Waals surface area contributed by atoms with E-state index in [1.807, 2.05) is 4.90 Å². The lowest BCUT2D eigenvalue weighted by Gasteiger charge is -2.38. The zero-order valence-corrected chi connectivity index (χ0v) is 9.02. The van der Waals surface area contributed by atoms with Gasteiger partial charge in [0.1, 0.15) is 5.78 Å². The quantitative estimate of drug-likeness (QED) is 0.580. The van der Waals surface area contributed by atoms with Crippen LogP contribution in [0.3, 0.4) is 0 Å². The van der Waals surface area contributed by atoms with E-state index in [4.69, 9.17) is 0 Å². The Morgan fingerprint density at radius 3 is 2.73 bits per heavy atom. The highest BCUT2D eigenvalue weighted by Gasteiger charge is 2.28. The summed E-state index contributed by atoms with van der Waals surface area (Å²) in [4.78, 5) is 25.6. The number of ketones is 1. The summed E-state index contributed by atoms with van der Waals surface area (Å²) in [6, 6.07) is -0.226. The first kappa shape index (κ1) is 12.1. The fraction of sp³-hybridized carbons (Fsp3) is 0.800. The van der Waals surface area contributed by atoms with Gasteiger partial charge in [-0.25, -0.2) is 5.11 Å². The van der Waals surface area contributed by atoms with Gasteiger partial charge in [0.2, 0.25) is 6.41 Å². The van der Waals surface area contributed by atoms with Crippen molar-refractivity contribution < 1.29 is 14.7 Å². The normalized spacial score (nSPS) is 22.8. The van der Waals surface area contributed by atoms with E-state index >= 15 is 0 Å². The van der Waals surface area contributed by atoms with E-state index in [1.165, 1.54) is 6.92 Å². The molecule has 1 atom stereocenters. The van der Waals surface area contributed by atoms with Crippen LogP contribution in [-0.2, 0) is 14.7 Å². The van der Waals surface area contributed by atoms with Gasteiger partial charge in [0, 0.05) is 26.2 Å². The molecule has 0 saturated carbocycles. The highest BCUT2D eigenvalue weighted by Crippen LogP contribution is 2.10. The van der Waals surface area contributed by atoms with Crippen LogP contribution in [0.5, 0.6) is 0 Å². The first-order chi connectivity index (χ1) is 7.19. The summed E-state index contributed by atoms with van der Waals surface area (Å²) < 4.78 is 0. The average Bonchev–Trinajstić information content (AvgIpc) is 2.26. The number of amides is 1. The molecule has 85 valence electrons. The van der Waals surface area contributed by atoms with Gasteiger partial charge in [-0.2, -0.15) is 0 Å². The molecule has 1 unspecified atom stereocenters. The molecule has 15 heavy (non-hydrogen) atoms. The maximum Gasteiger partial charge on any atom is 0.209 e. The van der Waals surface area contributed by atoms with Crippen molar-refractivity contribution in [3.8, 4) is 0 Å². The summed E-state index contributed by atoms with van der Waals surface area (Å²) in [6.07, 6.45) is 1.34. The van der Waals surface area contributed by atoms with Crippen molar-refractivity contribution in [2.24, 2.45) is 0 Å². The van der Waals surface area contributed by atoms with Crippen LogP contribution in [0.1, 0.15) is 13.3 Å². The zero-order valence-electron chi connectivity index (χ0n) is 9.02. The predicted octanol–water partition coefficient (Wildman–Crippen LogP) is -0.461. The summed E-state index contributed by atoms with van der Waals surface area (Å²) >= 11 is 0. The smallest absolute Gasteiger partial charge is 0.209 e. The van der Waals surface area contributed by atoms with E-state index in [9.17, 15) is 14.7 Å². The van der Waals surface area contributed by atoms with E-state index in [1.54, 1.807) is 4.90 Å². The van der Waals surface area contributed by atoms with Gasteiger partial charge in [0.15, 0.2) is 0 Å². The second-order valence-corrected chi connectivity index (χ2v) is 3.82. The van der Waals surface area contributed by atoms with E-state index < -0.39 is 0 Å². The van der Waals surface area contributed by atoms with Crippen molar-refractivity contribution in [3.05, 3.63) is 0 Å². The first-order valence-corrected chi connectivity index (χ1v) is 5.21. The topological polar surface area (TPSA) is 60.5 Å². The zero-order chi connectivity index (χ0) is 11.3. The third-order valence-electron chi connectivity index (χ3n) is 2.73. The van der Waals surface area contributed by atoms with Crippen LogP contribution in [-0.4, -0.2) is 60.8 Å². The number of rotatable bonds is 5. The molecular weight excluding hydrogens is 196 g/mol. The molecule has 1 fully saturated rings. The molecule has 1 radical (unpaired) electrons. The van der Waals surface area contributed by atoms with Crippen molar-refractivity contribution in [3.63, 3.8) is 0 Å². The van der Waals surface area contributed by atoms with Crippen LogP contribution >= 0.6 is 0 Å². The highest BCUT2D eigenvalue weighted by atomic mass is 16.3. The molecule has 0 aliphatic carbocycles. The van der Waals surface area contributed by atoms with Crippen molar-refractivity contribution in [1.29, 1.82) is 0 Å². The monoisotopic (exact) mass is 213 g/mol. The molecule has 0 bridgehead atoms. The summed E-state index contributed by atoms with van der Waals surface area (Å²) in [5.41, 5.74) is 0. The second kappa shape index (κ2) is 5.82. The van der Waals surface area contributed by atoms with Crippen LogP contribution in [0.2, 0.25) is 0 Å². The summed E-state index contributed by atoms with van der Waals surface area (Å²) in [7, 11) is 0. The lowest BCUT2D eigenvalue weighted by atomic mass is 10.1. The van der Waals surface area contributed by atoms with E-state index in [2.05, 4.69) is 0 Å². The molecule has 0 N–H and O–H groups in total. The van der Waals surface area contributed by atoms with Crippen LogP contribution in [0, 0.1) is 0 Å². The maximum atomic E-state index is 11.4. The van der Waals surface area contributed by atoms with Gasteiger partial charge < -0.3 is 4.90 Å². The molecule has 1 saturated heterocycles. The van der Waals surface area contributed by atoms with Gasteiger partial charge in [-0.15, -0.1) is 0 Å². The number of carbonyl (C=O) groups is 2. The Balaban J connectivity index is 2.54. The van der Waals surface area contributed by atoms with Crippen molar-refractivity contribution in [2.75, 3.05) is 32.8 Å². The van der Waals surface area contributed by atoms with Gasteiger partial charge in [-0.1, -0.05) is 0 Å². The minimum atomic E-state index is -0.226. The Hall–Kier alpha value is -0.940. The molecule has 5 nitrogen and oxygen atoms in total. The maximum absolute atomic E-state index is 11.4. The third-order valence-corrected chi connectivity index (χ3v) is 2.73. The standard InChI is InChI=1S/C10H17N2O3/c1-9(15)10-7-11(8-14)4-5-12(10)3-2-6-13/h8,10H,2-7H2,1H3. The number of hydrogen-bond acceptors (Lipinski definition) is 3. The van der Waals surface area contributed by atoms with E-state index in [-0.39, 0.29) is 18.4 Å². The Labute approximate surface area is 89.7 Å². The Morgan fingerprint density at radius 1 is 1.47 bits per heavy atom. The van der Waals surface area contributed by atoms with Crippen LogP contribution in [0.25, 0.3) is 0 Å². The second-order valence-electron chi connectivity index (χ2n) is 3.82. The molecule has 1 heterocycles. The molecular formula is C10H17N2O3. The van der Waals surface area contributed by atoms with Gasteiger partial charge in [0.05, 0.1) is 12.6 Å². The minimum absolute atomic E-state index is 0.0625. The van der Waals surface area contributed by atoms with Gasteiger partial charge in [-0.05, 0) is 13.3 Å². The molecule has 1 aliphatic heterocycles. The van der Waals surface area contributed by atoms with E-state index in [0.717, 1.165) is 6.41 Å². The van der Waals surface area contributed by atoms with Crippen LogP contribution in [0.4, 0.5) is 0 Å². The number of piperazine rings is 1. The molecule has 1 rings (SSSR count). The molecule has 0 aromatic carbocycles. The fourth-order valence-electron chi connectivity index (χ4n) is 1.86. The summed E-state index contributed by atoms with van der Waals surface area (Å²) in [5.74, 6) is 0.0625. The molecule has 5 heteroatoms. The predicted molar refractivity (Wildman–Crippen MR) is 53.8 cm³/mol. The third kappa shape index (κ3) is 3.28. The van der Waals surface area contributed by atoms with Gasteiger partial charge in [0.25, 0.3) is 0 Å². The Kier molecular flexibility index (Phi) is 4.71. The Bertz CT molecular complexity index is 233. The highest BCUT2D eigenvalue weighted by molar-refractivity contribution is 5.82. The molecule has 1 amide bonds. The average molecular weight is 213 g/mol. The van der Waals surface area contributed by atoms with Crippen molar-refractivity contribution in [1.82, 2.24) is 9.80 Å².